The maximum Gasteiger partial charge on any atom is 0.259 e. The molecule has 0 aromatic heterocycles. The minimum absolute atomic E-state index is 0.0230. The Morgan fingerprint density at radius 2 is 1.53 bits per heavy atom. The maximum absolute atomic E-state index is 14.1. The van der Waals surface area contributed by atoms with E-state index in [1.807, 2.05) is 64.4 Å². The van der Waals surface area contributed by atoms with Crippen molar-refractivity contribution in [2.24, 2.45) is 11.7 Å². The Balaban J connectivity index is 1.60. The van der Waals surface area contributed by atoms with Gasteiger partial charge in [-0.25, -0.2) is 0 Å². The molecule has 2 fully saturated rings. The van der Waals surface area contributed by atoms with E-state index in [1.54, 1.807) is 0 Å². The van der Waals surface area contributed by atoms with Gasteiger partial charge in [-0.2, -0.15) is 0 Å². The van der Waals surface area contributed by atoms with Crippen molar-refractivity contribution in [2.75, 3.05) is 18.0 Å². The summed E-state index contributed by atoms with van der Waals surface area (Å²) in [6.45, 7) is 1.06. The molecule has 6 heteroatoms. The molecule has 0 unspecified atom stereocenters. The quantitative estimate of drug-likeness (QED) is 0.808. The number of fused-ring (bicyclic) bond motifs is 1. The summed E-state index contributed by atoms with van der Waals surface area (Å²) >= 11 is 0. The fourth-order valence-electron chi connectivity index (χ4n) is 6.07. The lowest BCUT2D eigenvalue weighted by atomic mass is 9.70. The van der Waals surface area contributed by atoms with E-state index in [2.05, 4.69) is 0 Å². The summed E-state index contributed by atoms with van der Waals surface area (Å²) in [5.41, 5.74) is 7.23. The minimum atomic E-state index is -0.565. The van der Waals surface area contributed by atoms with Crippen LogP contribution >= 0.6 is 0 Å². The summed E-state index contributed by atoms with van der Waals surface area (Å²) in [7, 11) is 0. The highest BCUT2D eigenvalue weighted by atomic mass is 16.2. The van der Waals surface area contributed by atoms with Crippen molar-refractivity contribution in [1.82, 2.24) is 4.90 Å². The van der Waals surface area contributed by atoms with Gasteiger partial charge in [0.1, 0.15) is 0 Å². The summed E-state index contributed by atoms with van der Waals surface area (Å²) in [6.07, 6.45) is 4.79. The van der Waals surface area contributed by atoms with E-state index >= 15 is 0 Å². The third-order valence-corrected chi connectivity index (χ3v) is 7.63. The molecule has 2 aliphatic heterocycles. The molecule has 1 spiro atoms. The monoisotopic (exact) mass is 431 g/mol. The highest BCUT2D eigenvalue weighted by Crippen LogP contribution is 2.52. The van der Waals surface area contributed by atoms with E-state index in [0.717, 1.165) is 36.9 Å². The molecule has 166 valence electrons. The maximum atomic E-state index is 14.1. The molecule has 0 radical (unpaired) electrons. The zero-order valence-electron chi connectivity index (χ0n) is 18.2. The van der Waals surface area contributed by atoms with Crippen molar-refractivity contribution in [3.05, 3.63) is 65.7 Å². The van der Waals surface area contributed by atoms with Crippen molar-refractivity contribution in [1.29, 1.82) is 0 Å². The number of anilines is 1. The van der Waals surface area contributed by atoms with Crippen LogP contribution in [0, 0.1) is 5.92 Å². The average Bonchev–Trinajstić information content (AvgIpc) is 3.29. The van der Waals surface area contributed by atoms with E-state index < -0.39 is 11.5 Å². The van der Waals surface area contributed by atoms with Gasteiger partial charge < -0.3 is 15.5 Å². The molecule has 2 N–H and O–H groups in total. The number of carbonyl (C=O) groups is 3. The summed E-state index contributed by atoms with van der Waals surface area (Å²) < 4.78 is 0. The second-order valence-corrected chi connectivity index (χ2v) is 9.31. The number of primary amides is 1. The van der Waals surface area contributed by atoms with Crippen LogP contribution in [0.2, 0.25) is 0 Å². The summed E-state index contributed by atoms with van der Waals surface area (Å²) in [6, 6.07) is 17.3. The third-order valence-electron chi connectivity index (χ3n) is 7.63. The smallest absolute Gasteiger partial charge is 0.259 e. The second-order valence-electron chi connectivity index (χ2n) is 9.31. The van der Waals surface area contributed by atoms with Crippen LogP contribution in [-0.4, -0.2) is 41.2 Å². The molecular formula is C26H29N3O3. The molecule has 2 aromatic carbocycles. The lowest BCUT2D eigenvalue weighted by molar-refractivity contribution is -0.137. The number of rotatable bonds is 3. The summed E-state index contributed by atoms with van der Waals surface area (Å²) in [5.74, 6) is -0.820. The Kier molecular flexibility index (Phi) is 5.24. The molecule has 1 atom stereocenters. The normalized spacial score (nSPS) is 22.8. The van der Waals surface area contributed by atoms with Crippen LogP contribution in [0.3, 0.4) is 0 Å². The number of nitrogens with two attached hydrogens (primary N) is 1. The number of nitrogens with zero attached hydrogens (tertiary/aromatic N) is 2. The Bertz CT molecular complexity index is 1040. The SMILES string of the molecule is NC(=O)C1CCN(C(=O)[C@@H]2c3ccccc3C(=O)N(c3ccccc3)C23CCCC3)CC1. The lowest BCUT2D eigenvalue weighted by Gasteiger charge is -2.51. The molecule has 2 heterocycles. The predicted molar refractivity (Wildman–Crippen MR) is 122 cm³/mol. The molecule has 1 saturated heterocycles. The molecule has 3 aliphatic rings. The van der Waals surface area contributed by atoms with Crippen LogP contribution in [0.1, 0.15) is 60.4 Å². The van der Waals surface area contributed by atoms with Crippen molar-refractivity contribution in [3.63, 3.8) is 0 Å². The third kappa shape index (κ3) is 3.20. The molecule has 2 aromatic rings. The van der Waals surface area contributed by atoms with Crippen LogP contribution in [-0.2, 0) is 9.59 Å². The fraction of sp³-hybridized carbons (Fsp3) is 0.423. The number of likely N-dealkylation sites (tertiary alicyclic amines) is 1. The number of benzene rings is 2. The predicted octanol–water partition coefficient (Wildman–Crippen LogP) is 3.47. The number of amides is 3. The van der Waals surface area contributed by atoms with Crippen molar-refractivity contribution < 1.29 is 14.4 Å². The fourth-order valence-corrected chi connectivity index (χ4v) is 6.07. The van der Waals surface area contributed by atoms with Gasteiger partial charge in [0.15, 0.2) is 0 Å². The van der Waals surface area contributed by atoms with Crippen molar-refractivity contribution >= 4 is 23.4 Å². The van der Waals surface area contributed by atoms with Crippen LogP contribution in [0.4, 0.5) is 5.69 Å². The van der Waals surface area contributed by atoms with E-state index in [9.17, 15) is 14.4 Å². The van der Waals surface area contributed by atoms with E-state index in [1.165, 1.54) is 0 Å². The molecule has 6 nitrogen and oxygen atoms in total. The summed E-state index contributed by atoms with van der Waals surface area (Å²) in [5, 5.41) is 0. The zero-order chi connectivity index (χ0) is 22.3. The van der Waals surface area contributed by atoms with Gasteiger partial charge in [0.2, 0.25) is 11.8 Å². The standard InChI is InChI=1S/C26H29N3O3/c27-23(30)18-12-16-28(17-13-18)25(32)22-20-10-4-5-11-21(20)24(31)29(19-8-2-1-3-9-19)26(22)14-6-7-15-26/h1-5,8-11,18,22H,6-7,12-17H2,(H2,27,30)/t22-/m0/s1. The topological polar surface area (TPSA) is 83.7 Å². The Morgan fingerprint density at radius 1 is 0.906 bits per heavy atom. The number of piperidine rings is 1. The molecule has 3 amide bonds. The summed E-state index contributed by atoms with van der Waals surface area (Å²) in [4.78, 5) is 43.3. The second kappa shape index (κ2) is 8.08. The Hall–Kier alpha value is -3.15. The molecule has 1 saturated carbocycles. The van der Waals surface area contributed by atoms with Gasteiger partial charge in [0.25, 0.3) is 5.91 Å². The first-order chi connectivity index (χ1) is 15.5. The lowest BCUT2D eigenvalue weighted by Crippen LogP contribution is -2.61. The van der Waals surface area contributed by atoms with Gasteiger partial charge in [-0.1, -0.05) is 49.2 Å². The van der Waals surface area contributed by atoms with Gasteiger partial charge in [-0.15, -0.1) is 0 Å². The Morgan fingerprint density at radius 3 is 2.19 bits per heavy atom. The molecule has 5 rings (SSSR count). The van der Waals surface area contributed by atoms with E-state index in [4.69, 9.17) is 5.73 Å². The molecule has 0 bridgehead atoms. The first-order valence-electron chi connectivity index (χ1n) is 11.6. The number of hydrogen-bond donors (Lipinski definition) is 1. The van der Waals surface area contributed by atoms with Crippen molar-refractivity contribution in [2.45, 2.75) is 50.0 Å². The van der Waals surface area contributed by atoms with E-state index in [-0.39, 0.29) is 23.6 Å². The molecular weight excluding hydrogens is 402 g/mol. The first-order valence-corrected chi connectivity index (χ1v) is 11.6. The largest absolute Gasteiger partial charge is 0.369 e. The zero-order valence-corrected chi connectivity index (χ0v) is 18.2. The van der Waals surface area contributed by atoms with Gasteiger partial charge >= 0.3 is 0 Å². The minimum Gasteiger partial charge on any atom is -0.369 e. The van der Waals surface area contributed by atoms with Gasteiger partial charge in [0, 0.05) is 30.3 Å². The Labute approximate surface area is 188 Å². The average molecular weight is 432 g/mol. The van der Waals surface area contributed by atoms with E-state index in [0.29, 0.717) is 31.5 Å². The van der Waals surface area contributed by atoms with Gasteiger partial charge in [-0.3, -0.25) is 14.4 Å². The number of carbonyl (C=O) groups excluding carboxylic acids is 3. The van der Waals surface area contributed by atoms with Crippen LogP contribution in [0.5, 0.6) is 0 Å². The van der Waals surface area contributed by atoms with Crippen LogP contribution in [0.15, 0.2) is 54.6 Å². The highest BCUT2D eigenvalue weighted by molar-refractivity contribution is 6.12. The molecule has 32 heavy (non-hydrogen) atoms. The van der Waals surface area contributed by atoms with Gasteiger partial charge in [-0.05, 0) is 49.4 Å². The number of hydrogen-bond acceptors (Lipinski definition) is 3. The van der Waals surface area contributed by atoms with Crippen molar-refractivity contribution in [3.8, 4) is 0 Å². The first kappa shape index (κ1) is 20.7. The van der Waals surface area contributed by atoms with Gasteiger partial charge in [0.05, 0.1) is 11.5 Å². The van der Waals surface area contributed by atoms with Crippen LogP contribution < -0.4 is 10.6 Å². The highest BCUT2D eigenvalue weighted by Gasteiger charge is 2.57. The number of para-hydroxylation sites is 1. The molecule has 1 aliphatic carbocycles. The van der Waals surface area contributed by atoms with Crippen LogP contribution in [0.25, 0.3) is 0 Å².